The van der Waals surface area contributed by atoms with Gasteiger partial charge in [-0.25, -0.2) is 0 Å². The van der Waals surface area contributed by atoms with Gasteiger partial charge in [-0.05, 0) is 69.0 Å². The number of hydrogen-bond donors (Lipinski definition) is 1. The lowest BCUT2D eigenvalue weighted by Crippen LogP contribution is -2.12. The molecule has 0 aliphatic carbocycles. The Bertz CT molecular complexity index is 866. The molecule has 0 spiro atoms. The third-order valence-electron chi connectivity index (χ3n) is 4.12. The molecule has 140 valence electrons. The molecule has 0 aromatic heterocycles. The molecule has 0 amide bonds. The molecule has 0 saturated carbocycles. The van der Waals surface area contributed by atoms with E-state index >= 15 is 0 Å². The lowest BCUT2D eigenvalue weighted by molar-refractivity contribution is 0.304. The summed E-state index contributed by atoms with van der Waals surface area (Å²) in [5, 5.41) is 4.18. The van der Waals surface area contributed by atoms with E-state index in [9.17, 15) is 0 Å². The van der Waals surface area contributed by atoms with Crippen molar-refractivity contribution in [1.82, 2.24) is 5.32 Å². The first-order chi connectivity index (χ1) is 13.1. The van der Waals surface area contributed by atoms with Crippen LogP contribution in [-0.4, -0.2) is 7.11 Å². The quantitative estimate of drug-likeness (QED) is 0.462. The van der Waals surface area contributed by atoms with Gasteiger partial charge in [0.05, 0.1) is 11.6 Å². The lowest BCUT2D eigenvalue weighted by Gasteiger charge is -2.11. The van der Waals surface area contributed by atoms with Crippen molar-refractivity contribution in [2.75, 3.05) is 7.11 Å². The van der Waals surface area contributed by atoms with Gasteiger partial charge in [0.1, 0.15) is 18.1 Å². The number of halogens is 2. The third-order valence-corrected chi connectivity index (χ3v) is 4.99. The Kier molecular flexibility index (Phi) is 7.16. The second kappa shape index (κ2) is 9.79. The molecule has 27 heavy (non-hydrogen) atoms. The SMILES string of the molecule is COc1ccc(CNCc2ccc(OCc3ccc(Cl)cc3)c(Br)c2)cc1. The van der Waals surface area contributed by atoms with Gasteiger partial charge in [0, 0.05) is 18.1 Å². The molecule has 3 nitrogen and oxygen atoms in total. The van der Waals surface area contributed by atoms with Crippen LogP contribution in [0.5, 0.6) is 11.5 Å². The van der Waals surface area contributed by atoms with Crippen molar-refractivity contribution >= 4 is 27.5 Å². The Balaban J connectivity index is 1.50. The van der Waals surface area contributed by atoms with Crippen LogP contribution in [0.25, 0.3) is 0 Å². The van der Waals surface area contributed by atoms with Gasteiger partial charge in [-0.1, -0.05) is 41.9 Å². The summed E-state index contributed by atoms with van der Waals surface area (Å²) in [6, 6.07) is 21.9. The van der Waals surface area contributed by atoms with Gasteiger partial charge < -0.3 is 14.8 Å². The van der Waals surface area contributed by atoms with Crippen LogP contribution in [0.4, 0.5) is 0 Å². The molecule has 0 aliphatic heterocycles. The molecule has 0 fully saturated rings. The van der Waals surface area contributed by atoms with Crippen LogP contribution in [0, 0.1) is 0 Å². The van der Waals surface area contributed by atoms with E-state index in [1.807, 2.05) is 42.5 Å². The minimum Gasteiger partial charge on any atom is -0.497 e. The monoisotopic (exact) mass is 445 g/mol. The van der Waals surface area contributed by atoms with E-state index in [4.69, 9.17) is 21.1 Å². The normalized spacial score (nSPS) is 10.6. The minimum absolute atomic E-state index is 0.505. The molecule has 5 heteroatoms. The average Bonchev–Trinajstić information content (AvgIpc) is 2.69. The van der Waals surface area contributed by atoms with E-state index in [-0.39, 0.29) is 0 Å². The summed E-state index contributed by atoms with van der Waals surface area (Å²) in [4.78, 5) is 0. The molecule has 3 aromatic carbocycles. The predicted octanol–water partition coefficient (Wildman–Crippen LogP) is 5.98. The van der Waals surface area contributed by atoms with Crippen LogP contribution >= 0.6 is 27.5 Å². The lowest BCUT2D eigenvalue weighted by atomic mass is 10.2. The fourth-order valence-corrected chi connectivity index (χ4v) is 3.27. The van der Waals surface area contributed by atoms with Crippen molar-refractivity contribution in [1.29, 1.82) is 0 Å². The summed E-state index contributed by atoms with van der Waals surface area (Å²) in [6.45, 7) is 2.09. The predicted molar refractivity (Wildman–Crippen MR) is 113 cm³/mol. The van der Waals surface area contributed by atoms with Gasteiger partial charge in [-0.2, -0.15) is 0 Å². The molecule has 1 N–H and O–H groups in total. The smallest absolute Gasteiger partial charge is 0.134 e. The van der Waals surface area contributed by atoms with Crippen LogP contribution in [-0.2, 0) is 19.7 Å². The number of rotatable bonds is 8. The van der Waals surface area contributed by atoms with Crippen LogP contribution in [0.3, 0.4) is 0 Å². The topological polar surface area (TPSA) is 30.5 Å². The van der Waals surface area contributed by atoms with E-state index < -0.39 is 0 Å². The zero-order chi connectivity index (χ0) is 19.1. The van der Waals surface area contributed by atoms with Crippen molar-refractivity contribution in [3.63, 3.8) is 0 Å². The van der Waals surface area contributed by atoms with Crippen LogP contribution in [0.15, 0.2) is 71.2 Å². The summed E-state index contributed by atoms with van der Waals surface area (Å²) in [6.07, 6.45) is 0. The summed E-state index contributed by atoms with van der Waals surface area (Å²) in [7, 11) is 1.67. The Morgan fingerprint density at radius 2 is 1.48 bits per heavy atom. The van der Waals surface area contributed by atoms with E-state index in [1.165, 1.54) is 11.1 Å². The highest BCUT2D eigenvalue weighted by molar-refractivity contribution is 9.10. The molecule has 3 aromatic rings. The Hall–Kier alpha value is -2.01. The second-order valence-corrected chi connectivity index (χ2v) is 7.42. The maximum atomic E-state index is 5.91. The number of ether oxygens (including phenoxy) is 2. The van der Waals surface area contributed by atoms with Crippen molar-refractivity contribution in [3.05, 3.63) is 92.9 Å². The maximum Gasteiger partial charge on any atom is 0.134 e. The molecule has 0 atom stereocenters. The Morgan fingerprint density at radius 1 is 0.852 bits per heavy atom. The average molecular weight is 447 g/mol. The van der Waals surface area contributed by atoms with E-state index in [0.717, 1.165) is 39.6 Å². The maximum absolute atomic E-state index is 5.91. The first-order valence-corrected chi connectivity index (χ1v) is 9.80. The summed E-state index contributed by atoms with van der Waals surface area (Å²) in [5.41, 5.74) is 3.49. The van der Waals surface area contributed by atoms with E-state index in [0.29, 0.717) is 6.61 Å². The highest BCUT2D eigenvalue weighted by Crippen LogP contribution is 2.27. The van der Waals surface area contributed by atoms with Crippen molar-refractivity contribution in [2.24, 2.45) is 0 Å². The number of nitrogens with one attached hydrogen (secondary N) is 1. The zero-order valence-electron chi connectivity index (χ0n) is 15.0. The fourth-order valence-electron chi connectivity index (χ4n) is 2.61. The van der Waals surface area contributed by atoms with Crippen molar-refractivity contribution in [3.8, 4) is 11.5 Å². The molecular weight excluding hydrogens is 426 g/mol. The second-order valence-electron chi connectivity index (χ2n) is 6.13. The van der Waals surface area contributed by atoms with Crippen LogP contribution < -0.4 is 14.8 Å². The molecular formula is C22H21BrClNO2. The van der Waals surface area contributed by atoms with E-state index in [1.54, 1.807) is 7.11 Å². The molecule has 3 rings (SSSR count). The van der Waals surface area contributed by atoms with Crippen LogP contribution in [0.2, 0.25) is 5.02 Å². The highest BCUT2D eigenvalue weighted by Gasteiger charge is 2.04. The first kappa shape index (κ1) is 19.7. The van der Waals surface area contributed by atoms with Crippen LogP contribution in [0.1, 0.15) is 16.7 Å². The Labute approximate surface area is 173 Å². The molecule has 0 radical (unpaired) electrons. The molecule has 0 saturated heterocycles. The number of methoxy groups -OCH3 is 1. The fraction of sp³-hybridized carbons (Fsp3) is 0.182. The summed E-state index contributed by atoms with van der Waals surface area (Å²) >= 11 is 9.50. The minimum atomic E-state index is 0.505. The number of benzene rings is 3. The zero-order valence-corrected chi connectivity index (χ0v) is 17.4. The van der Waals surface area contributed by atoms with E-state index in [2.05, 4.69) is 45.5 Å². The van der Waals surface area contributed by atoms with Gasteiger partial charge in [-0.15, -0.1) is 0 Å². The van der Waals surface area contributed by atoms with Gasteiger partial charge in [0.25, 0.3) is 0 Å². The Morgan fingerprint density at radius 3 is 2.15 bits per heavy atom. The molecule has 0 aliphatic rings. The van der Waals surface area contributed by atoms with Crippen molar-refractivity contribution in [2.45, 2.75) is 19.7 Å². The largest absolute Gasteiger partial charge is 0.497 e. The van der Waals surface area contributed by atoms with Gasteiger partial charge >= 0.3 is 0 Å². The highest BCUT2D eigenvalue weighted by atomic mass is 79.9. The summed E-state index contributed by atoms with van der Waals surface area (Å²) in [5.74, 6) is 1.70. The molecule has 0 unspecified atom stereocenters. The van der Waals surface area contributed by atoms with Crippen molar-refractivity contribution < 1.29 is 9.47 Å². The van der Waals surface area contributed by atoms with Gasteiger partial charge in [0.15, 0.2) is 0 Å². The van der Waals surface area contributed by atoms with Gasteiger partial charge in [0.2, 0.25) is 0 Å². The summed E-state index contributed by atoms with van der Waals surface area (Å²) < 4.78 is 12.0. The first-order valence-electron chi connectivity index (χ1n) is 8.63. The molecule has 0 bridgehead atoms. The third kappa shape index (κ3) is 5.99. The standard InChI is InChI=1S/C22H21BrClNO2/c1-26-20-9-4-16(5-10-20)13-25-14-18-6-11-22(21(23)12-18)27-15-17-2-7-19(24)8-3-17/h2-12,25H,13-15H2,1H3. The molecule has 0 heterocycles. The van der Waals surface area contributed by atoms with Gasteiger partial charge in [-0.3, -0.25) is 0 Å². The number of hydrogen-bond acceptors (Lipinski definition) is 3.